The Morgan fingerprint density at radius 1 is 1.25 bits per heavy atom. The van der Waals surface area contributed by atoms with Crippen LogP contribution in [0.3, 0.4) is 0 Å². The van der Waals surface area contributed by atoms with Crippen molar-refractivity contribution in [3.63, 3.8) is 0 Å². The zero-order valence-electron chi connectivity index (χ0n) is 7.52. The summed E-state index contributed by atoms with van der Waals surface area (Å²) < 4.78 is 12.9. The lowest BCUT2D eigenvalue weighted by Crippen LogP contribution is -2.05. The molecule has 1 N–H and O–H groups in total. The highest BCUT2D eigenvalue weighted by molar-refractivity contribution is 5.24. The average Bonchev–Trinajstić information content (AvgIpc) is 2.04. The van der Waals surface area contributed by atoms with Gasteiger partial charge in [0.1, 0.15) is 5.82 Å². The summed E-state index contributed by atoms with van der Waals surface area (Å²) in [4.78, 5) is 0. The van der Waals surface area contributed by atoms with Gasteiger partial charge in [0.2, 0.25) is 0 Å². The van der Waals surface area contributed by atoms with Crippen LogP contribution in [-0.2, 0) is 13.0 Å². The van der Waals surface area contributed by atoms with Gasteiger partial charge in [-0.3, -0.25) is 0 Å². The molecule has 66 valence electrons. The van der Waals surface area contributed by atoms with Crippen molar-refractivity contribution in [1.82, 2.24) is 5.32 Å². The molecule has 0 aromatic heterocycles. The molecule has 0 aliphatic carbocycles. The van der Waals surface area contributed by atoms with Gasteiger partial charge < -0.3 is 5.32 Å². The number of hydrogen-bond donors (Lipinski definition) is 1. The van der Waals surface area contributed by atoms with Gasteiger partial charge in [-0.2, -0.15) is 0 Å². The summed E-state index contributed by atoms with van der Waals surface area (Å²) in [5.41, 5.74) is 2.06. The predicted molar refractivity (Wildman–Crippen MR) is 48.5 cm³/mol. The molecule has 0 fully saturated rings. The molecule has 0 bridgehead atoms. The molecule has 1 aromatic rings. The van der Waals surface area contributed by atoms with Crippen molar-refractivity contribution in [1.29, 1.82) is 0 Å². The minimum atomic E-state index is -0.139. The van der Waals surface area contributed by atoms with Crippen LogP contribution in [0, 0.1) is 5.82 Å². The lowest BCUT2D eigenvalue weighted by Gasteiger charge is -2.03. The van der Waals surface area contributed by atoms with E-state index in [0.29, 0.717) is 0 Å². The molecular weight excluding hydrogens is 153 g/mol. The van der Waals surface area contributed by atoms with Crippen LogP contribution in [0.2, 0.25) is 0 Å². The Kier molecular flexibility index (Phi) is 3.23. The van der Waals surface area contributed by atoms with Crippen LogP contribution >= 0.6 is 0 Å². The van der Waals surface area contributed by atoms with Crippen molar-refractivity contribution in [3.8, 4) is 0 Å². The van der Waals surface area contributed by atoms with Gasteiger partial charge in [0.25, 0.3) is 0 Å². The van der Waals surface area contributed by atoms with E-state index in [-0.39, 0.29) is 5.82 Å². The molecule has 0 saturated carbocycles. The fourth-order valence-electron chi connectivity index (χ4n) is 1.23. The van der Waals surface area contributed by atoms with Crippen LogP contribution in [0.5, 0.6) is 0 Å². The maximum atomic E-state index is 12.9. The van der Waals surface area contributed by atoms with Gasteiger partial charge in [-0.15, -0.1) is 0 Å². The number of nitrogens with one attached hydrogen (secondary N) is 1. The number of halogens is 1. The van der Waals surface area contributed by atoms with Crippen LogP contribution in [-0.4, -0.2) is 7.05 Å². The predicted octanol–water partition coefficient (Wildman–Crippen LogP) is 2.11. The van der Waals surface area contributed by atoms with Crippen LogP contribution in [0.15, 0.2) is 18.2 Å². The maximum Gasteiger partial charge on any atom is 0.123 e. The minimum absolute atomic E-state index is 0.139. The normalized spacial score (nSPS) is 10.2. The highest BCUT2D eigenvalue weighted by atomic mass is 19.1. The van der Waals surface area contributed by atoms with E-state index in [9.17, 15) is 4.39 Å². The summed E-state index contributed by atoms with van der Waals surface area (Å²) in [5, 5.41) is 3.00. The molecule has 0 aliphatic heterocycles. The third-order valence-electron chi connectivity index (χ3n) is 1.81. The number of hydrogen-bond acceptors (Lipinski definition) is 1. The lowest BCUT2D eigenvalue weighted by molar-refractivity contribution is 0.621. The van der Waals surface area contributed by atoms with Crippen LogP contribution < -0.4 is 5.32 Å². The largest absolute Gasteiger partial charge is 0.316 e. The summed E-state index contributed by atoms with van der Waals surface area (Å²) in [6.45, 7) is 2.75. The summed E-state index contributed by atoms with van der Waals surface area (Å²) in [7, 11) is 1.86. The topological polar surface area (TPSA) is 12.0 Å². The molecule has 2 heteroatoms. The SMILES string of the molecule is CCc1cc(F)cc(CNC)c1. The molecule has 0 unspecified atom stereocenters. The molecule has 0 heterocycles. The zero-order chi connectivity index (χ0) is 8.97. The van der Waals surface area contributed by atoms with Crippen molar-refractivity contribution < 1.29 is 4.39 Å². The summed E-state index contributed by atoms with van der Waals surface area (Å²) in [5.74, 6) is -0.139. The fraction of sp³-hybridized carbons (Fsp3) is 0.400. The molecule has 0 spiro atoms. The Morgan fingerprint density at radius 2 is 1.92 bits per heavy atom. The Morgan fingerprint density at radius 3 is 2.50 bits per heavy atom. The van der Waals surface area contributed by atoms with E-state index in [2.05, 4.69) is 5.32 Å². The molecule has 0 radical (unpaired) electrons. The molecule has 12 heavy (non-hydrogen) atoms. The molecule has 0 saturated heterocycles. The Balaban J connectivity index is 2.90. The van der Waals surface area contributed by atoms with E-state index in [4.69, 9.17) is 0 Å². The van der Waals surface area contributed by atoms with Gasteiger partial charge in [0.05, 0.1) is 0 Å². The second-order valence-electron chi connectivity index (χ2n) is 2.85. The first-order chi connectivity index (χ1) is 5.76. The van der Waals surface area contributed by atoms with Crippen LogP contribution in [0.25, 0.3) is 0 Å². The number of rotatable bonds is 3. The Bertz CT molecular complexity index is 258. The highest BCUT2D eigenvalue weighted by Gasteiger charge is 1.97. The fourth-order valence-corrected chi connectivity index (χ4v) is 1.23. The first kappa shape index (κ1) is 9.20. The number of aryl methyl sites for hydroxylation is 1. The average molecular weight is 167 g/mol. The van der Waals surface area contributed by atoms with Gasteiger partial charge in [-0.1, -0.05) is 13.0 Å². The third kappa shape index (κ3) is 2.31. The molecule has 0 amide bonds. The van der Waals surface area contributed by atoms with E-state index < -0.39 is 0 Å². The van der Waals surface area contributed by atoms with Gasteiger partial charge in [0.15, 0.2) is 0 Å². The van der Waals surface area contributed by atoms with E-state index >= 15 is 0 Å². The van der Waals surface area contributed by atoms with Crippen molar-refractivity contribution >= 4 is 0 Å². The molecule has 0 aliphatic rings. The third-order valence-corrected chi connectivity index (χ3v) is 1.81. The van der Waals surface area contributed by atoms with Gasteiger partial charge in [-0.05, 0) is 36.7 Å². The second-order valence-corrected chi connectivity index (χ2v) is 2.85. The van der Waals surface area contributed by atoms with Gasteiger partial charge in [-0.25, -0.2) is 4.39 Å². The standard InChI is InChI=1S/C10H14FN/c1-3-8-4-9(7-12-2)6-10(11)5-8/h4-6,12H,3,7H2,1-2H3. The monoisotopic (exact) mass is 167 g/mol. The zero-order valence-corrected chi connectivity index (χ0v) is 7.52. The summed E-state index contributed by atoms with van der Waals surface area (Å²) >= 11 is 0. The lowest BCUT2D eigenvalue weighted by atomic mass is 10.1. The maximum absolute atomic E-state index is 12.9. The molecule has 0 atom stereocenters. The Hall–Kier alpha value is -0.890. The van der Waals surface area contributed by atoms with Crippen molar-refractivity contribution in [3.05, 3.63) is 35.1 Å². The number of benzene rings is 1. The minimum Gasteiger partial charge on any atom is -0.316 e. The smallest absolute Gasteiger partial charge is 0.123 e. The van der Waals surface area contributed by atoms with E-state index in [1.165, 1.54) is 0 Å². The van der Waals surface area contributed by atoms with Crippen LogP contribution in [0.1, 0.15) is 18.1 Å². The van der Waals surface area contributed by atoms with E-state index in [1.54, 1.807) is 12.1 Å². The molecule has 1 aromatic carbocycles. The van der Waals surface area contributed by atoms with Crippen LogP contribution in [0.4, 0.5) is 4.39 Å². The van der Waals surface area contributed by atoms with Crippen molar-refractivity contribution in [2.45, 2.75) is 19.9 Å². The molecular formula is C10H14FN. The first-order valence-corrected chi connectivity index (χ1v) is 4.19. The highest BCUT2D eigenvalue weighted by Crippen LogP contribution is 2.09. The molecule has 1 nitrogen and oxygen atoms in total. The van der Waals surface area contributed by atoms with E-state index in [0.717, 1.165) is 24.1 Å². The van der Waals surface area contributed by atoms with Gasteiger partial charge in [0, 0.05) is 6.54 Å². The van der Waals surface area contributed by atoms with Crippen molar-refractivity contribution in [2.75, 3.05) is 7.05 Å². The Labute approximate surface area is 72.6 Å². The summed E-state index contributed by atoms with van der Waals surface area (Å²) in [6, 6.07) is 5.18. The van der Waals surface area contributed by atoms with E-state index in [1.807, 2.05) is 20.0 Å². The quantitative estimate of drug-likeness (QED) is 0.727. The molecule has 1 rings (SSSR count). The van der Waals surface area contributed by atoms with Crippen molar-refractivity contribution in [2.24, 2.45) is 0 Å². The van der Waals surface area contributed by atoms with Gasteiger partial charge >= 0.3 is 0 Å². The summed E-state index contributed by atoms with van der Waals surface area (Å²) in [6.07, 6.45) is 0.883. The first-order valence-electron chi connectivity index (χ1n) is 4.19. The second kappa shape index (κ2) is 4.21.